The molecule has 3 rings (SSSR count). The summed E-state index contributed by atoms with van der Waals surface area (Å²) in [6, 6.07) is 7.54. The van der Waals surface area contributed by atoms with E-state index >= 15 is 0 Å². The average molecular weight is 446 g/mol. The summed E-state index contributed by atoms with van der Waals surface area (Å²) in [7, 11) is 1.32. The number of para-hydroxylation sites is 1. The Bertz CT molecular complexity index is 982. The van der Waals surface area contributed by atoms with Crippen molar-refractivity contribution >= 4 is 34.5 Å². The number of amides is 1. The highest BCUT2D eigenvalue weighted by Crippen LogP contribution is 2.26. The summed E-state index contributed by atoms with van der Waals surface area (Å²) in [4.78, 5) is 44.5. The zero-order valence-electron chi connectivity index (χ0n) is 18.5. The Labute approximate surface area is 187 Å². The molecular formula is C23H31N3O4S. The monoisotopic (exact) mass is 445 g/mol. The standard InChI is InChI=1S/C23H31N3O4S/c1-16(2)26(17-9-5-4-6-10-17)20(27)15-31-23-24-19-12-8-7-11-18(19)22(29)25(23)14-13-21(28)30-3/h7-8,11-12,16-17H,4-6,9-10,13-15H2,1-3H3. The Morgan fingerprint density at radius 1 is 1.23 bits per heavy atom. The van der Waals surface area contributed by atoms with E-state index in [1.807, 2.05) is 11.0 Å². The Hall–Kier alpha value is -2.35. The van der Waals surface area contributed by atoms with Crippen LogP contribution in [0.2, 0.25) is 0 Å². The minimum absolute atomic E-state index is 0.0637. The highest BCUT2D eigenvalue weighted by molar-refractivity contribution is 7.99. The number of esters is 1. The third kappa shape index (κ3) is 5.67. The molecule has 0 saturated heterocycles. The summed E-state index contributed by atoms with van der Waals surface area (Å²) in [6.07, 6.45) is 5.72. The maximum atomic E-state index is 13.1. The van der Waals surface area contributed by atoms with E-state index in [1.165, 1.54) is 29.9 Å². The van der Waals surface area contributed by atoms with Crippen molar-refractivity contribution in [1.29, 1.82) is 0 Å². The number of hydrogen-bond donors (Lipinski definition) is 0. The number of methoxy groups -OCH3 is 1. The summed E-state index contributed by atoms with van der Waals surface area (Å²) in [5, 5.41) is 0.947. The molecule has 2 aromatic rings. The van der Waals surface area contributed by atoms with Gasteiger partial charge in [0.15, 0.2) is 5.16 Å². The van der Waals surface area contributed by atoms with E-state index in [-0.39, 0.29) is 42.3 Å². The van der Waals surface area contributed by atoms with E-state index < -0.39 is 5.97 Å². The fraction of sp³-hybridized carbons (Fsp3) is 0.565. The molecule has 1 aliphatic rings. The van der Waals surface area contributed by atoms with Gasteiger partial charge in [-0.25, -0.2) is 4.98 Å². The molecule has 1 fully saturated rings. The van der Waals surface area contributed by atoms with Gasteiger partial charge in [-0.3, -0.25) is 19.0 Å². The second-order valence-corrected chi connectivity index (χ2v) is 9.11. The third-order valence-electron chi connectivity index (χ3n) is 5.73. The molecule has 1 saturated carbocycles. The van der Waals surface area contributed by atoms with Crippen molar-refractivity contribution < 1.29 is 14.3 Å². The van der Waals surface area contributed by atoms with Crippen molar-refractivity contribution in [2.24, 2.45) is 0 Å². The normalized spacial score (nSPS) is 14.7. The van der Waals surface area contributed by atoms with E-state index in [0.717, 1.165) is 25.7 Å². The largest absolute Gasteiger partial charge is 0.469 e. The van der Waals surface area contributed by atoms with E-state index in [1.54, 1.807) is 18.2 Å². The van der Waals surface area contributed by atoms with Crippen molar-refractivity contribution in [3.8, 4) is 0 Å². The number of fused-ring (bicyclic) bond motifs is 1. The molecule has 1 amide bonds. The van der Waals surface area contributed by atoms with Crippen molar-refractivity contribution in [2.75, 3.05) is 12.9 Å². The summed E-state index contributed by atoms with van der Waals surface area (Å²) < 4.78 is 6.20. The Morgan fingerprint density at radius 3 is 2.61 bits per heavy atom. The van der Waals surface area contributed by atoms with Crippen LogP contribution < -0.4 is 5.56 Å². The van der Waals surface area contributed by atoms with Crippen LogP contribution in [0.3, 0.4) is 0 Å². The van der Waals surface area contributed by atoms with Crippen LogP contribution in [0.4, 0.5) is 0 Å². The maximum Gasteiger partial charge on any atom is 0.307 e. The predicted octanol–water partition coefficient (Wildman–Crippen LogP) is 3.62. The van der Waals surface area contributed by atoms with Gasteiger partial charge in [0.05, 0.1) is 30.2 Å². The van der Waals surface area contributed by atoms with Crippen molar-refractivity contribution in [1.82, 2.24) is 14.5 Å². The van der Waals surface area contributed by atoms with Gasteiger partial charge in [-0.05, 0) is 38.8 Å². The van der Waals surface area contributed by atoms with Crippen LogP contribution in [0.5, 0.6) is 0 Å². The lowest BCUT2D eigenvalue weighted by Gasteiger charge is -2.37. The lowest BCUT2D eigenvalue weighted by Crippen LogP contribution is -2.46. The molecule has 0 radical (unpaired) electrons. The predicted molar refractivity (Wildman–Crippen MR) is 122 cm³/mol. The number of benzene rings is 1. The van der Waals surface area contributed by atoms with E-state index in [4.69, 9.17) is 4.74 Å². The fourth-order valence-electron chi connectivity index (χ4n) is 4.23. The fourth-order valence-corrected chi connectivity index (χ4v) is 5.13. The first-order chi connectivity index (χ1) is 14.9. The lowest BCUT2D eigenvalue weighted by molar-refractivity contribution is -0.141. The van der Waals surface area contributed by atoms with Crippen LogP contribution in [-0.2, 0) is 20.9 Å². The van der Waals surface area contributed by atoms with Gasteiger partial charge in [-0.15, -0.1) is 0 Å². The highest BCUT2D eigenvalue weighted by atomic mass is 32.2. The van der Waals surface area contributed by atoms with Crippen LogP contribution in [0.1, 0.15) is 52.4 Å². The summed E-state index contributed by atoms with van der Waals surface area (Å²) in [5.74, 6) is -0.123. The lowest BCUT2D eigenvalue weighted by atomic mass is 9.93. The Balaban J connectivity index is 1.84. The van der Waals surface area contributed by atoms with E-state index in [0.29, 0.717) is 16.1 Å². The first-order valence-corrected chi connectivity index (χ1v) is 11.9. The maximum absolute atomic E-state index is 13.1. The second-order valence-electron chi connectivity index (χ2n) is 8.17. The van der Waals surface area contributed by atoms with Crippen molar-refractivity contribution in [3.63, 3.8) is 0 Å². The van der Waals surface area contributed by atoms with Crippen LogP contribution in [0.25, 0.3) is 10.9 Å². The molecule has 7 nitrogen and oxygen atoms in total. The van der Waals surface area contributed by atoms with Gasteiger partial charge in [0.2, 0.25) is 5.91 Å². The third-order valence-corrected chi connectivity index (χ3v) is 6.69. The number of thioether (sulfide) groups is 1. The summed E-state index contributed by atoms with van der Waals surface area (Å²) >= 11 is 1.26. The van der Waals surface area contributed by atoms with Gasteiger partial charge >= 0.3 is 5.97 Å². The quantitative estimate of drug-likeness (QED) is 0.351. The molecule has 0 bridgehead atoms. The average Bonchev–Trinajstić information content (AvgIpc) is 2.77. The van der Waals surface area contributed by atoms with Crippen LogP contribution in [0, 0.1) is 0 Å². The molecular weight excluding hydrogens is 414 g/mol. The molecule has 0 spiro atoms. The minimum atomic E-state index is -0.393. The zero-order chi connectivity index (χ0) is 22.4. The van der Waals surface area contributed by atoms with Gasteiger partial charge in [0, 0.05) is 18.6 Å². The molecule has 1 aliphatic carbocycles. The van der Waals surface area contributed by atoms with E-state index in [2.05, 4.69) is 18.8 Å². The molecule has 0 atom stereocenters. The van der Waals surface area contributed by atoms with Gasteiger partial charge in [0.25, 0.3) is 5.56 Å². The number of nitrogens with zero attached hydrogens (tertiary/aromatic N) is 3. The first kappa shape index (κ1) is 23.3. The smallest absolute Gasteiger partial charge is 0.307 e. The second kappa shape index (κ2) is 10.8. The number of carbonyl (C=O) groups is 2. The number of aromatic nitrogens is 2. The molecule has 0 N–H and O–H groups in total. The molecule has 0 aliphatic heterocycles. The first-order valence-electron chi connectivity index (χ1n) is 10.9. The topological polar surface area (TPSA) is 81.5 Å². The highest BCUT2D eigenvalue weighted by Gasteiger charge is 2.28. The number of ether oxygens (including phenoxy) is 1. The van der Waals surface area contributed by atoms with Gasteiger partial charge in [-0.2, -0.15) is 0 Å². The van der Waals surface area contributed by atoms with Crippen molar-refractivity contribution in [2.45, 2.75) is 76.2 Å². The molecule has 0 unspecified atom stereocenters. The number of hydrogen-bond acceptors (Lipinski definition) is 6. The number of rotatable bonds is 8. The van der Waals surface area contributed by atoms with E-state index in [9.17, 15) is 14.4 Å². The molecule has 31 heavy (non-hydrogen) atoms. The Kier molecular flexibility index (Phi) is 8.12. The number of carbonyl (C=O) groups excluding carboxylic acids is 2. The molecule has 168 valence electrons. The summed E-state index contributed by atoms with van der Waals surface area (Å²) in [5.41, 5.74) is 0.377. The SMILES string of the molecule is COC(=O)CCn1c(SCC(=O)N(C(C)C)C2CCCCC2)nc2ccccc2c1=O. The van der Waals surface area contributed by atoms with Gasteiger partial charge in [0.1, 0.15) is 0 Å². The van der Waals surface area contributed by atoms with Crippen LogP contribution in [-0.4, -0.2) is 51.3 Å². The van der Waals surface area contributed by atoms with Gasteiger partial charge < -0.3 is 9.64 Å². The zero-order valence-corrected chi connectivity index (χ0v) is 19.3. The van der Waals surface area contributed by atoms with Crippen LogP contribution in [0.15, 0.2) is 34.2 Å². The van der Waals surface area contributed by atoms with Crippen LogP contribution >= 0.6 is 11.8 Å². The molecule has 1 aromatic heterocycles. The molecule has 1 aromatic carbocycles. The minimum Gasteiger partial charge on any atom is -0.469 e. The summed E-state index contributed by atoms with van der Waals surface area (Å²) in [6.45, 7) is 4.27. The van der Waals surface area contributed by atoms with Gasteiger partial charge in [-0.1, -0.05) is 43.2 Å². The van der Waals surface area contributed by atoms with Crippen molar-refractivity contribution in [3.05, 3.63) is 34.6 Å². The molecule has 8 heteroatoms. The Morgan fingerprint density at radius 2 is 1.94 bits per heavy atom. The molecule has 1 heterocycles.